The first kappa shape index (κ1) is 26.8. The Morgan fingerprint density at radius 3 is 2.36 bits per heavy atom. The number of hydrogen-bond donors (Lipinski definition) is 0. The highest BCUT2D eigenvalue weighted by molar-refractivity contribution is 6.32. The maximum Gasteiger partial charge on any atom is 0.416 e. The summed E-state index contributed by atoms with van der Waals surface area (Å²) < 4.78 is 52.8. The molecule has 2 aliphatic rings. The fourth-order valence-electron chi connectivity index (χ4n) is 4.64. The van der Waals surface area contributed by atoms with Gasteiger partial charge in [-0.25, -0.2) is 14.5 Å². The predicted octanol–water partition coefficient (Wildman–Crippen LogP) is 7.99. The van der Waals surface area contributed by atoms with E-state index in [0.717, 1.165) is 34.8 Å². The quantitative estimate of drug-likeness (QED) is 0.318. The second kappa shape index (κ2) is 10.8. The Labute approximate surface area is 228 Å². The number of urea groups is 2. The van der Waals surface area contributed by atoms with Crippen LogP contribution in [0.4, 0.5) is 45.5 Å². The smallest absolute Gasteiger partial charge is 0.416 e. The third-order valence-electron chi connectivity index (χ3n) is 6.54. The number of rotatable bonds is 5. The first-order chi connectivity index (χ1) is 18.7. The number of halogens is 4. The summed E-state index contributed by atoms with van der Waals surface area (Å²) in [5.74, 6) is 0.220. The average Bonchev–Trinajstić information content (AvgIpc) is 3.01. The second-order valence-electron chi connectivity index (χ2n) is 9.05. The summed E-state index contributed by atoms with van der Waals surface area (Å²) in [4.78, 5) is 31.3. The molecule has 3 aromatic carbocycles. The van der Waals surface area contributed by atoms with E-state index >= 15 is 0 Å². The molecule has 0 saturated carbocycles. The van der Waals surface area contributed by atoms with Crippen molar-refractivity contribution in [1.29, 1.82) is 0 Å². The van der Waals surface area contributed by atoms with Gasteiger partial charge in [0.1, 0.15) is 5.75 Å². The Morgan fingerprint density at radius 2 is 1.69 bits per heavy atom. The van der Waals surface area contributed by atoms with Crippen LogP contribution in [0.1, 0.15) is 31.7 Å². The van der Waals surface area contributed by atoms with Crippen molar-refractivity contribution < 1.29 is 32.2 Å². The van der Waals surface area contributed by atoms with Crippen LogP contribution in [0.3, 0.4) is 0 Å². The van der Waals surface area contributed by atoms with E-state index in [1.54, 1.807) is 37.3 Å². The zero-order valence-corrected chi connectivity index (χ0v) is 21.7. The monoisotopic (exact) mass is 559 g/mol. The number of benzene rings is 3. The lowest BCUT2D eigenvalue weighted by Gasteiger charge is -2.28. The Bertz CT molecular complexity index is 1380. The van der Waals surface area contributed by atoms with Gasteiger partial charge in [0.15, 0.2) is 6.29 Å². The maximum absolute atomic E-state index is 14.2. The number of carbonyl (C=O) groups is 2. The van der Waals surface area contributed by atoms with E-state index in [4.69, 9.17) is 21.1 Å². The van der Waals surface area contributed by atoms with Crippen LogP contribution in [-0.2, 0) is 10.9 Å². The van der Waals surface area contributed by atoms with Crippen molar-refractivity contribution in [2.45, 2.75) is 38.7 Å². The first-order valence-corrected chi connectivity index (χ1v) is 12.9. The third kappa shape index (κ3) is 5.26. The molecule has 4 amide bonds. The van der Waals surface area contributed by atoms with Gasteiger partial charge in [0, 0.05) is 19.0 Å². The van der Waals surface area contributed by atoms with Gasteiger partial charge in [-0.05, 0) is 62.2 Å². The SMILES string of the molecule is CCN1C(=O)N(c2ccc(Cl)c(OC3CCCCO3)c2)C(=O)N(c2ccccc2)c2cc(C(F)(F)F)ccc21. The largest absolute Gasteiger partial charge is 0.463 e. The van der Waals surface area contributed by atoms with Crippen molar-refractivity contribution in [3.05, 3.63) is 77.3 Å². The van der Waals surface area contributed by atoms with Crippen LogP contribution >= 0.6 is 11.6 Å². The van der Waals surface area contributed by atoms with Crippen molar-refractivity contribution in [1.82, 2.24) is 0 Å². The molecule has 204 valence electrons. The van der Waals surface area contributed by atoms with Crippen molar-refractivity contribution >= 4 is 46.4 Å². The standard InChI is InChI=1S/C28H25ClF3N3O4/c1-2-33-22-14-11-18(28(30,31)32)16-23(22)34(19-8-4-3-5-9-19)27(37)35(26(33)36)20-12-13-21(29)24(17-20)39-25-10-6-7-15-38-25/h3-5,8-9,11-14,16-17,25H,2,6-7,10,15H2,1H3. The summed E-state index contributed by atoms with van der Waals surface area (Å²) >= 11 is 6.38. The zero-order chi connectivity index (χ0) is 27.7. The highest BCUT2D eigenvalue weighted by Crippen LogP contribution is 2.44. The number of amides is 4. The molecule has 1 saturated heterocycles. The summed E-state index contributed by atoms with van der Waals surface area (Å²) in [5, 5.41) is 0.257. The molecule has 0 aromatic heterocycles. The minimum absolute atomic E-state index is 0.0697. The number of alkyl halides is 3. The molecule has 2 heterocycles. The van der Waals surface area contributed by atoms with Crippen LogP contribution in [-0.4, -0.2) is 31.5 Å². The number of anilines is 4. The maximum atomic E-state index is 14.2. The molecule has 2 aliphatic heterocycles. The number of carbonyl (C=O) groups excluding carboxylic acids is 2. The van der Waals surface area contributed by atoms with Gasteiger partial charge in [0.25, 0.3) is 0 Å². The lowest BCUT2D eigenvalue weighted by Crippen LogP contribution is -2.48. The van der Waals surface area contributed by atoms with E-state index in [2.05, 4.69) is 0 Å². The topological polar surface area (TPSA) is 62.3 Å². The average molecular weight is 560 g/mol. The molecule has 1 unspecified atom stereocenters. The van der Waals surface area contributed by atoms with Crippen LogP contribution in [0.5, 0.6) is 5.75 Å². The van der Waals surface area contributed by atoms with Gasteiger partial charge in [-0.3, -0.25) is 9.80 Å². The van der Waals surface area contributed by atoms with Gasteiger partial charge in [-0.2, -0.15) is 13.2 Å². The summed E-state index contributed by atoms with van der Waals surface area (Å²) in [6.07, 6.45) is -2.69. The fraction of sp³-hybridized carbons (Fsp3) is 0.286. The van der Waals surface area contributed by atoms with Gasteiger partial charge >= 0.3 is 18.2 Å². The van der Waals surface area contributed by atoms with Crippen molar-refractivity contribution in [2.24, 2.45) is 0 Å². The molecular formula is C28H25ClF3N3O4. The zero-order valence-electron chi connectivity index (χ0n) is 21.0. The van der Waals surface area contributed by atoms with Crippen molar-refractivity contribution in [3.8, 4) is 5.75 Å². The minimum atomic E-state index is -4.66. The molecule has 1 fully saturated rings. The minimum Gasteiger partial charge on any atom is -0.463 e. The molecule has 0 spiro atoms. The fourth-order valence-corrected chi connectivity index (χ4v) is 4.80. The van der Waals surface area contributed by atoms with E-state index in [9.17, 15) is 22.8 Å². The Morgan fingerprint density at radius 1 is 0.923 bits per heavy atom. The van der Waals surface area contributed by atoms with E-state index in [0.29, 0.717) is 18.7 Å². The van der Waals surface area contributed by atoms with Crippen molar-refractivity contribution in [3.63, 3.8) is 0 Å². The molecule has 7 nitrogen and oxygen atoms in total. The van der Waals surface area contributed by atoms with Gasteiger partial charge < -0.3 is 9.47 Å². The van der Waals surface area contributed by atoms with E-state index < -0.39 is 30.1 Å². The lowest BCUT2D eigenvalue weighted by atomic mass is 10.1. The first-order valence-electron chi connectivity index (χ1n) is 12.5. The van der Waals surface area contributed by atoms with E-state index in [1.165, 1.54) is 29.2 Å². The number of imide groups is 1. The number of nitrogens with zero attached hydrogens (tertiary/aromatic N) is 3. The van der Waals surface area contributed by atoms with Crippen LogP contribution in [0, 0.1) is 0 Å². The van der Waals surface area contributed by atoms with Crippen molar-refractivity contribution in [2.75, 3.05) is 27.9 Å². The highest BCUT2D eigenvalue weighted by Gasteiger charge is 2.41. The van der Waals surface area contributed by atoms with Crippen LogP contribution in [0.2, 0.25) is 5.02 Å². The molecule has 0 radical (unpaired) electrons. The second-order valence-corrected chi connectivity index (χ2v) is 9.45. The highest BCUT2D eigenvalue weighted by atomic mass is 35.5. The number of hydrogen-bond acceptors (Lipinski definition) is 4. The molecule has 11 heteroatoms. The molecule has 0 N–H and O–H groups in total. The summed E-state index contributed by atoms with van der Waals surface area (Å²) in [5.41, 5.74) is -0.416. The Kier molecular flexibility index (Phi) is 7.42. The molecule has 3 aromatic rings. The van der Waals surface area contributed by atoms with Gasteiger partial charge in [0.2, 0.25) is 0 Å². The molecule has 39 heavy (non-hydrogen) atoms. The van der Waals surface area contributed by atoms with Gasteiger partial charge in [0.05, 0.1) is 39.9 Å². The lowest BCUT2D eigenvalue weighted by molar-refractivity contribution is -0.137. The number of para-hydroxylation sites is 1. The number of ether oxygens (including phenoxy) is 2. The molecule has 0 bridgehead atoms. The molecular weight excluding hydrogens is 535 g/mol. The molecule has 0 aliphatic carbocycles. The summed E-state index contributed by atoms with van der Waals surface area (Å²) in [7, 11) is 0. The number of fused-ring (bicyclic) bond motifs is 1. The Balaban J connectivity index is 1.65. The summed E-state index contributed by atoms with van der Waals surface area (Å²) in [6, 6.07) is 14.1. The van der Waals surface area contributed by atoms with Crippen LogP contribution in [0.15, 0.2) is 66.7 Å². The predicted molar refractivity (Wildman–Crippen MR) is 142 cm³/mol. The van der Waals surface area contributed by atoms with Gasteiger partial charge in [-0.15, -0.1) is 0 Å². The summed E-state index contributed by atoms with van der Waals surface area (Å²) in [6.45, 7) is 2.31. The molecule has 1 atom stereocenters. The van der Waals surface area contributed by atoms with E-state index in [1.807, 2.05) is 0 Å². The van der Waals surface area contributed by atoms with Crippen LogP contribution in [0.25, 0.3) is 0 Å². The Hall–Kier alpha value is -3.76. The van der Waals surface area contributed by atoms with Crippen LogP contribution < -0.4 is 19.4 Å². The van der Waals surface area contributed by atoms with E-state index in [-0.39, 0.29) is 34.4 Å². The molecule has 5 rings (SSSR count). The van der Waals surface area contributed by atoms with Gasteiger partial charge in [-0.1, -0.05) is 29.8 Å². The third-order valence-corrected chi connectivity index (χ3v) is 6.85. The normalized spacial score (nSPS) is 18.2.